The van der Waals surface area contributed by atoms with Gasteiger partial charge in [0.15, 0.2) is 5.43 Å². The lowest BCUT2D eigenvalue weighted by molar-refractivity contribution is 0.0686. The van der Waals surface area contributed by atoms with Gasteiger partial charge >= 0.3 is 5.97 Å². The molecule has 0 aliphatic carbocycles. The molecule has 2 aromatic carbocycles. The number of carbonyl (C=O) groups is 1. The summed E-state index contributed by atoms with van der Waals surface area (Å²) in [4.78, 5) is 27.1. The molecule has 0 spiro atoms. The highest BCUT2D eigenvalue weighted by molar-refractivity contribution is 5.94. The minimum atomic E-state index is -1.38. The maximum atomic E-state index is 13.8. The Bertz CT molecular complexity index is 1090. The first kappa shape index (κ1) is 16.2. The van der Waals surface area contributed by atoms with Gasteiger partial charge in [-0.25, -0.2) is 9.18 Å². The number of carboxylic acid groups (broad SMARTS) is 1. The van der Waals surface area contributed by atoms with Crippen LogP contribution in [0.2, 0.25) is 0 Å². The van der Waals surface area contributed by atoms with E-state index in [0.717, 1.165) is 12.1 Å². The number of azide groups is 1. The average Bonchev–Trinajstić information content (AvgIpc) is 2.61. The third kappa shape index (κ3) is 2.82. The van der Waals surface area contributed by atoms with Crippen molar-refractivity contribution in [2.45, 2.75) is 6.54 Å². The Hall–Kier alpha value is -3.64. The maximum absolute atomic E-state index is 13.8. The number of hydrogen-bond donors (Lipinski definition) is 1. The molecule has 0 fully saturated rings. The van der Waals surface area contributed by atoms with Crippen molar-refractivity contribution in [1.82, 2.24) is 4.57 Å². The molecule has 0 radical (unpaired) electrons. The first-order chi connectivity index (χ1) is 12.0. The zero-order valence-electron chi connectivity index (χ0n) is 12.8. The van der Waals surface area contributed by atoms with E-state index in [2.05, 4.69) is 10.0 Å². The summed E-state index contributed by atoms with van der Waals surface area (Å²) in [6.45, 7) is -0.420. The number of aromatic nitrogens is 1. The van der Waals surface area contributed by atoms with Crippen molar-refractivity contribution < 1.29 is 14.3 Å². The van der Waals surface area contributed by atoms with Gasteiger partial charge in [0, 0.05) is 21.5 Å². The Morgan fingerprint density at radius 1 is 1.24 bits per heavy atom. The quantitative estimate of drug-likeness (QED) is 0.445. The van der Waals surface area contributed by atoms with Crippen LogP contribution in [0.5, 0.6) is 0 Å². The molecule has 1 aromatic heterocycles. The zero-order chi connectivity index (χ0) is 18.0. The number of halogens is 1. The van der Waals surface area contributed by atoms with Gasteiger partial charge in [0.1, 0.15) is 11.5 Å². The van der Waals surface area contributed by atoms with Crippen LogP contribution >= 0.6 is 0 Å². The van der Waals surface area contributed by atoms with Crippen LogP contribution in [0.3, 0.4) is 0 Å². The molecule has 0 aliphatic heterocycles. The van der Waals surface area contributed by atoms with E-state index in [0.29, 0.717) is 5.69 Å². The summed E-state index contributed by atoms with van der Waals surface area (Å²) < 4.78 is 15.1. The van der Waals surface area contributed by atoms with Gasteiger partial charge in [0.2, 0.25) is 0 Å². The molecule has 0 atom stereocenters. The van der Waals surface area contributed by atoms with Crippen molar-refractivity contribution >= 4 is 16.9 Å². The minimum absolute atomic E-state index is 0.123. The van der Waals surface area contributed by atoms with Crippen LogP contribution in [0.15, 0.2) is 58.4 Å². The Morgan fingerprint density at radius 2 is 1.96 bits per heavy atom. The summed E-state index contributed by atoms with van der Waals surface area (Å²) in [6, 6.07) is 11.9. The molecule has 25 heavy (non-hydrogen) atoms. The Balaban J connectivity index is 2.56. The highest BCUT2D eigenvalue weighted by atomic mass is 19.1. The number of rotatable bonds is 4. The van der Waals surface area contributed by atoms with Gasteiger partial charge < -0.3 is 9.67 Å². The van der Waals surface area contributed by atoms with Crippen molar-refractivity contribution in [1.29, 1.82) is 0 Å². The first-order valence-electron chi connectivity index (χ1n) is 7.21. The summed E-state index contributed by atoms with van der Waals surface area (Å²) in [5, 5.41) is 13.1. The average molecular weight is 338 g/mol. The molecular weight excluding hydrogens is 327 g/mol. The molecule has 0 saturated carbocycles. The zero-order valence-corrected chi connectivity index (χ0v) is 12.8. The van der Waals surface area contributed by atoms with Crippen LogP contribution < -0.4 is 5.43 Å². The lowest BCUT2D eigenvalue weighted by Crippen LogP contribution is -2.23. The van der Waals surface area contributed by atoms with E-state index in [1.807, 2.05) is 0 Å². The second-order valence-electron chi connectivity index (χ2n) is 5.18. The smallest absolute Gasteiger partial charge is 0.353 e. The molecule has 7 nitrogen and oxygen atoms in total. The second kappa shape index (κ2) is 6.46. The predicted octanol–water partition coefficient (Wildman–Crippen LogP) is 3.64. The van der Waals surface area contributed by atoms with Gasteiger partial charge in [-0.05, 0) is 35.9 Å². The van der Waals surface area contributed by atoms with E-state index >= 15 is 0 Å². The number of carboxylic acids is 1. The van der Waals surface area contributed by atoms with Gasteiger partial charge in [-0.3, -0.25) is 4.79 Å². The molecule has 0 amide bonds. The number of benzene rings is 2. The van der Waals surface area contributed by atoms with Crippen LogP contribution in [-0.4, -0.2) is 15.6 Å². The van der Waals surface area contributed by atoms with E-state index in [9.17, 15) is 19.1 Å². The normalized spacial score (nSPS) is 10.4. The fourth-order valence-electron chi connectivity index (χ4n) is 2.73. The molecule has 0 unspecified atom stereocenters. The van der Waals surface area contributed by atoms with Crippen LogP contribution in [0.25, 0.3) is 27.0 Å². The molecule has 1 N–H and O–H groups in total. The third-order valence-corrected chi connectivity index (χ3v) is 3.74. The molecular formula is C17H11FN4O3. The number of aromatic carboxylic acids is 1. The highest BCUT2D eigenvalue weighted by Crippen LogP contribution is 2.23. The summed E-state index contributed by atoms with van der Waals surface area (Å²) >= 11 is 0. The number of pyridine rings is 1. The van der Waals surface area contributed by atoms with Crippen LogP contribution in [-0.2, 0) is 6.54 Å². The largest absolute Gasteiger partial charge is 0.477 e. The lowest BCUT2D eigenvalue weighted by atomic mass is 10.1. The van der Waals surface area contributed by atoms with Crippen LogP contribution in [0, 0.1) is 5.82 Å². The molecule has 1 heterocycles. The molecule has 124 valence electrons. The van der Waals surface area contributed by atoms with Gasteiger partial charge in [0.05, 0.1) is 12.1 Å². The van der Waals surface area contributed by atoms with Gasteiger partial charge in [-0.2, -0.15) is 0 Å². The van der Waals surface area contributed by atoms with Crippen LogP contribution in [0.4, 0.5) is 4.39 Å². The van der Waals surface area contributed by atoms with E-state index in [-0.39, 0.29) is 22.2 Å². The monoisotopic (exact) mass is 338 g/mol. The molecule has 8 heteroatoms. The van der Waals surface area contributed by atoms with Gasteiger partial charge in [-0.15, -0.1) is 0 Å². The predicted molar refractivity (Wildman–Crippen MR) is 89.3 cm³/mol. The number of para-hydroxylation sites is 1. The lowest BCUT2D eigenvalue weighted by Gasteiger charge is -2.17. The van der Waals surface area contributed by atoms with Crippen molar-refractivity contribution in [2.75, 3.05) is 0 Å². The van der Waals surface area contributed by atoms with Crippen molar-refractivity contribution in [3.05, 3.63) is 86.3 Å². The second-order valence-corrected chi connectivity index (χ2v) is 5.18. The molecule has 0 saturated heterocycles. The highest BCUT2D eigenvalue weighted by Gasteiger charge is 2.22. The summed E-state index contributed by atoms with van der Waals surface area (Å²) in [7, 11) is 0. The van der Waals surface area contributed by atoms with E-state index < -0.39 is 23.8 Å². The topological polar surface area (TPSA) is 108 Å². The Labute approximate surface area is 140 Å². The first-order valence-corrected chi connectivity index (χ1v) is 7.21. The standard InChI is InChI=1S/C17H11FN4O3/c18-10-6-7-12-14(8-10)22(11-4-2-1-3-5-11)15(17(24)25)13(16(12)23)9-20-21-19/h1-8H,9H2,(H,24,25). The molecule has 3 aromatic rings. The van der Waals surface area contributed by atoms with Gasteiger partial charge in [-0.1, -0.05) is 23.3 Å². The van der Waals surface area contributed by atoms with Crippen molar-refractivity contribution in [3.63, 3.8) is 0 Å². The van der Waals surface area contributed by atoms with Crippen LogP contribution in [0.1, 0.15) is 16.1 Å². The molecule has 0 bridgehead atoms. The number of nitrogens with zero attached hydrogens (tertiary/aromatic N) is 4. The summed E-state index contributed by atoms with van der Waals surface area (Å²) in [6.07, 6.45) is 0. The fraction of sp³-hybridized carbons (Fsp3) is 0.0588. The third-order valence-electron chi connectivity index (χ3n) is 3.74. The fourth-order valence-corrected chi connectivity index (χ4v) is 2.73. The summed E-state index contributed by atoms with van der Waals surface area (Å²) in [5.41, 5.74) is 7.98. The SMILES string of the molecule is [N-]=[N+]=NCc1c(C(=O)O)n(-c2ccccc2)c2cc(F)ccc2c1=O. The number of hydrogen-bond acceptors (Lipinski definition) is 3. The Morgan fingerprint density at radius 3 is 2.60 bits per heavy atom. The van der Waals surface area contributed by atoms with Crippen molar-refractivity contribution in [3.8, 4) is 5.69 Å². The maximum Gasteiger partial charge on any atom is 0.353 e. The number of fused-ring (bicyclic) bond motifs is 1. The van der Waals surface area contributed by atoms with E-state index in [1.54, 1.807) is 30.3 Å². The molecule has 0 aliphatic rings. The van der Waals surface area contributed by atoms with Crippen molar-refractivity contribution in [2.24, 2.45) is 5.11 Å². The summed E-state index contributed by atoms with van der Waals surface area (Å²) in [5.74, 6) is -1.98. The molecule has 3 rings (SSSR count). The minimum Gasteiger partial charge on any atom is -0.477 e. The van der Waals surface area contributed by atoms with E-state index in [4.69, 9.17) is 5.53 Å². The van der Waals surface area contributed by atoms with Gasteiger partial charge in [0.25, 0.3) is 0 Å². The van der Waals surface area contributed by atoms with E-state index in [1.165, 1.54) is 10.6 Å². The Kier molecular flexibility index (Phi) is 4.20.